The Morgan fingerprint density at radius 3 is 1.89 bits per heavy atom. The molecular weight excluding hydrogens is 728 g/mol. The first-order chi connectivity index (χ1) is 27.4. The number of carbonyl (C=O) groups is 2. The topological polar surface area (TPSA) is 114 Å². The molecule has 316 valence electrons. The predicted octanol–water partition coefficient (Wildman–Crippen LogP) is 5.82. The molecule has 0 N–H and O–H groups in total. The smallest absolute Gasteiger partial charge is 0.343 e. The molecule has 1 aliphatic carbocycles. The second kappa shape index (κ2) is 22.1. The summed E-state index contributed by atoms with van der Waals surface area (Å²) in [5.74, 6) is -0.00228. The summed E-state index contributed by atoms with van der Waals surface area (Å²) in [6.07, 6.45) is 2.96. The Hall–Kier alpha value is -3.36. The summed E-state index contributed by atoms with van der Waals surface area (Å²) < 4.78 is 46.9. The normalized spacial score (nSPS) is 20.7. The number of hydrogen-bond donors (Lipinski definition) is 0. The highest BCUT2D eigenvalue weighted by Crippen LogP contribution is 2.48. The summed E-state index contributed by atoms with van der Waals surface area (Å²) in [4.78, 5) is 30.2. The molecule has 2 aromatic rings. The van der Waals surface area contributed by atoms with E-state index in [0.29, 0.717) is 83.6 Å². The van der Waals surface area contributed by atoms with E-state index in [4.69, 9.17) is 37.9 Å². The van der Waals surface area contributed by atoms with E-state index in [1.54, 1.807) is 0 Å². The highest BCUT2D eigenvalue weighted by Gasteiger charge is 2.52. The van der Waals surface area contributed by atoms with Crippen LogP contribution in [-0.4, -0.2) is 138 Å². The average Bonchev–Trinajstić information content (AvgIpc) is 3.42. The number of nitrogens with zero attached hydrogens (tertiary/aromatic N) is 2. The maximum atomic E-state index is 13.6. The third-order valence-electron chi connectivity index (χ3n) is 10.6. The van der Waals surface area contributed by atoms with Crippen LogP contribution in [0.4, 0.5) is 0 Å². The molecule has 0 radical (unpaired) electrons. The van der Waals surface area contributed by atoms with Gasteiger partial charge in [0.05, 0.1) is 59.0 Å². The van der Waals surface area contributed by atoms with E-state index in [-0.39, 0.29) is 24.6 Å². The molecule has 57 heavy (non-hydrogen) atoms. The van der Waals surface area contributed by atoms with Crippen molar-refractivity contribution in [3.63, 3.8) is 0 Å². The van der Waals surface area contributed by atoms with Crippen LogP contribution in [0.1, 0.15) is 74.3 Å². The SMILES string of the molecule is Cc1cc(C)c(C2=C(OCc3ccccc3)C3(CCC(OCCOCCN4CCN(CCOCCOCCOCC(=O)OC(C)(C)C)CC4)CC3)OC2=O)c(C)c1. The summed E-state index contributed by atoms with van der Waals surface area (Å²) in [5.41, 5.74) is 4.52. The van der Waals surface area contributed by atoms with Crippen molar-refractivity contribution >= 4 is 17.5 Å². The van der Waals surface area contributed by atoms with Crippen LogP contribution in [0.5, 0.6) is 0 Å². The Morgan fingerprint density at radius 1 is 0.772 bits per heavy atom. The van der Waals surface area contributed by atoms with Gasteiger partial charge in [0.2, 0.25) is 0 Å². The number of aryl methyl sites for hydroxylation is 3. The summed E-state index contributed by atoms with van der Waals surface area (Å²) in [6, 6.07) is 14.3. The van der Waals surface area contributed by atoms with Crippen molar-refractivity contribution in [1.82, 2.24) is 9.80 Å². The molecule has 1 saturated carbocycles. The first-order valence-electron chi connectivity index (χ1n) is 20.7. The molecule has 12 heteroatoms. The Bertz CT molecular complexity index is 1570. The van der Waals surface area contributed by atoms with E-state index < -0.39 is 11.2 Å². The van der Waals surface area contributed by atoms with Crippen LogP contribution in [-0.2, 0) is 54.1 Å². The number of ether oxygens (including phenoxy) is 8. The fraction of sp³-hybridized carbons (Fsp3) is 0.644. The molecule has 0 bridgehead atoms. The van der Waals surface area contributed by atoms with Crippen molar-refractivity contribution < 1.29 is 47.5 Å². The molecule has 5 rings (SSSR count). The van der Waals surface area contributed by atoms with Crippen LogP contribution in [0.25, 0.3) is 5.57 Å². The van der Waals surface area contributed by atoms with Crippen molar-refractivity contribution in [3.05, 3.63) is 76.0 Å². The molecule has 2 heterocycles. The molecule has 2 aliphatic heterocycles. The number of piperazine rings is 1. The van der Waals surface area contributed by atoms with E-state index in [2.05, 4.69) is 42.7 Å². The second-order valence-electron chi connectivity index (χ2n) is 16.4. The van der Waals surface area contributed by atoms with Gasteiger partial charge in [0.25, 0.3) is 0 Å². The minimum Gasteiger partial charge on any atom is -0.488 e. The molecule has 0 unspecified atom stereocenters. The van der Waals surface area contributed by atoms with Crippen molar-refractivity contribution in [2.24, 2.45) is 0 Å². The van der Waals surface area contributed by atoms with E-state index in [9.17, 15) is 9.59 Å². The molecule has 2 fully saturated rings. The van der Waals surface area contributed by atoms with Gasteiger partial charge in [-0.15, -0.1) is 0 Å². The minimum atomic E-state index is -0.781. The van der Waals surface area contributed by atoms with Crippen LogP contribution >= 0.6 is 0 Å². The van der Waals surface area contributed by atoms with Crippen molar-refractivity contribution in [2.75, 3.05) is 98.7 Å². The van der Waals surface area contributed by atoms with Gasteiger partial charge in [0, 0.05) is 39.3 Å². The van der Waals surface area contributed by atoms with Crippen LogP contribution < -0.4 is 0 Å². The van der Waals surface area contributed by atoms with Gasteiger partial charge in [-0.1, -0.05) is 48.0 Å². The Morgan fingerprint density at radius 2 is 1.32 bits per heavy atom. The first-order valence-corrected chi connectivity index (χ1v) is 20.7. The fourth-order valence-corrected chi connectivity index (χ4v) is 7.84. The lowest BCUT2D eigenvalue weighted by atomic mass is 9.80. The number of carbonyl (C=O) groups excluding carboxylic acids is 2. The zero-order chi connectivity index (χ0) is 40.7. The molecule has 0 atom stereocenters. The summed E-state index contributed by atoms with van der Waals surface area (Å²) in [7, 11) is 0. The van der Waals surface area contributed by atoms with Gasteiger partial charge in [-0.3, -0.25) is 9.80 Å². The van der Waals surface area contributed by atoms with E-state index in [1.807, 2.05) is 51.1 Å². The Labute approximate surface area is 340 Å². The van der Waals surface area contributed by atoms with Crippen molar-refractivity contribution in [2.45, 2.75) is 91.1 Å². The van der Waals surface area contributed by atoms with Crippen molar-refractivity contribution in [3.8, 4) is 0 Å². The van der Waals surface area contributed by atoms with Gasteiger partial charge < -0.3 is 37.9 Å². The van der Waals surface area contributed by atoms with Crippen LogP contribution in [0, 0.1) is 20.8 Å². The lowest BCUT2D eigenvalue weighted by molar-refractivity contribution is -0.160. The van der Waals surface area contributed by atoms with Gasteiger partial charge in [-0.05, 0) is 89.5 Å². The molecular formula is C45H66N2O10. The molecule has 1 spiro atoms. The molecule has 0 amide bonds. The van der Waals surface area contributed by atoms with Gasteiger partial charge in [-0.2, -0.15) is 0 Å². The predicted molar refractivity (Wildman–Crippen MR) is 218 cm³/mol. The summed E-state index contributed by atoms with van der Waals surface area (Å²) in [6.45, 7) is 22.0. The standard InChI is InChI=1S/C45H66N2O10/c1-34-30-35(2)40(36(3)31-34)41-42(55-32-37-10-8-7-9-11-37)45(57-43(41)49)14-12-38(13-15-45)54-29-28-51-23-21-47-18-16-46(17-19-47)20-22-50-24-25-52-26-27-53-33-39(48)56-44(4,5)6/h7-11,30-31,38H,12-29,32-33H2,1-6H3. The molecule has 1 saturated heterocycles. The lowest BCUT2D eigenvalue weighted by Crippen LogP contribution is -2.48. The Kier molecular flexibility index (Phi) is 17.4. The van der Waals surface area contributed by atoms with Crippen molar-refractivity contribution in [1.29, 1.82) is 0 Å². The van der Waals surface area contributed by atoms with Crippen LogP contribution in [0.15, 0.2) is 48.2 Å². The number of hydrogen-bond acceptors (Lipinski definition) is 12. The molecule has 0 aromatic heterocycles. The minimum absolute atomic E-state index is 0.0697. The highest BCUT2D eigenvalue weighted by molar-refractivity contribution is 6.20. The van der Waals surface area contributed by atoms with Gasteiger partial charge >= 0.3 is 11.9 Å². The zero-order valence-electron chi connectivity index (χ0n) is 35.2. The monoisotopic (exact) mass is 794 g/mol. The van der Waals surface area contributed by atoms with E-state index in [1.165, 1.54) is 5.56 Å². The molecule has 12 nitrogen and oxygen atoms in total. The van der Waals surface area contributed by atoms with Gasteiger partial charge in [0.1, 0.15) is 24.4 Å². The fourth-order valence-electron chi connectivity index (χ4n) is 7.84. The number of benzene rings is 2. The van der Waals surface area contributed by atoms with E-state index in [0.717, 1.165) is 74.4 Å². The number of esters is 2. The third-order valence-corrected chi connectivity index (χ3v) is 10.6. The van der Waals surface area contributed by atoms with Gasteiger partial charge in [0.15, 0.2) is 11.4 Å². The largest absolute Gasteiger partial charge is 0.488 e. The first kappa shape index (κ1) is 44.7. The summed E-state index contributed by atoms with van der Waals surface area (Å²) >= 11 is 0. The maximum absolute atomic E-state index is 13.6. The maximum Gasteiger partial charge on any atom is 0.343 e. The second-order valence-corrected chi connectivity index (χ2v) is 16.4. The average molecular weight is 795 g/mol. The van der Waals surface area contributed by atoms with Gasteiger partial charge in [-0.25, -0.2) is 9.59 Å². The summed E-state index contributed by atoms with van der Waals surface area (Å²) in [5, 5.41) is 0. The quantitative estimate of drug-likeness (QED) is 0.106. The molecule has 3 aliphatic rings. The lowest BCUT2D eigenvalue weighted by Gasteiger charge is -2.37. The van der Waals surface area contributed by atoms with Crippen LogP contribution in [0.3, 0.4) is 0 Å². The zero-order valence-corrected chi connectivity index (χ0v) is 35.2. The molecule has 2 aromatic carbocycles. The Balaban J connectivity index is 0.924. The highest BCUT2D eigenvalue weighted by atomic mass is 16.6. The number of rotatable bonds is 22. The van der Waals surface area contributed by atoms with E-state index >= 15 is 0 Å². The third kappa shape index (κ3) is 14.2. The van der Waals surface area contributed by atoms with Crippen LogP contribution in [0.2, 0.25) is 0 Å².